The zero-order valence-corrected chi connectivity index (χ0v) is 76.3. The van der Waals surface area contributed by atoms with Crippen molar-refractivity contribution >= 4 is 95.1 Å². The third kappa shape index (κ3) is 21.4. The van der Waals surface area contributed by atoms with Crippen LogP contribution in [0.1, 0.15) is 62.3 Å². The summed E-state index contributed by atoms with van der Waals surface area (Å²) in [5.74, 6) is 4.54. The molecular weight excluding hydrogens is 1580 g/mol. The number of amidine groups is 5. The highest BCUT2D eigenvalue weighted by atomic mass is 31.2. The molecule has 0 radical (unpaired) electrons. The minimum atomic E-state index is -1.45. The molecule has 652 valence electrons. The van der Waals surface area contributed by atoms with Crippen molar-refractivity contribution in [1.29, 1.82) is 0 Å². The molecule has 4 bridgehead atoms. The lowest BCUT2D eigenvalue weighted by Crippen LogP contribution is -2.51. The molecule has 0 saturated carbocycles. The molecule has 12 aliphatic rings. The number of nitrogens with zero attached hydrogens (tertiary/aromatic N) is 10. The molecule has 0 aliphatic carbocycles. The van der Waals surface area contributed by atoms with Crippen molar-refractivity contribution < 1.29 is 74.0 Å². The molecule has 0 aromatic carbocycles. The van der Waals surface area contributed by atoms with Crippen molar-refractivity contribution in [3.05, 3.63) is 123 Å². The van der Waals surface area contributed by atoms with Crippen molar-refractivity contribution in [2.45, 2.75) is 182 Å². The summed E-state index contributed by atoms with van der Waals surface area (Å²) in [7, 11) is 0. The van der Waals surface area contributed by atoms with Crippen LogP contribution in [0.15, 0.2) is 148 Å². The molecule has 0 aromatic rings. The molecule has 0 amide bonds. The molecular formula is C81H138N15O15P5. The zero-order chi connectivity index (χ0) is 87.6. The molecule has 7 fully saturated rings. The predicted molar refractivity (Wildman–Crippen MR) is 486 cm³/mol. The molecule has 25 atom stereocenters. The van der Waals surface area contributed by atoms with Gasteiger partial charge >= 0.3 is 0 Å². The van der Waals surface area contributed by atoms with E-state index < -0.39 is 155 Å². The average molecular weight is 1720 g/mol. The average Bonchev–Trinajstić information content (AvgIpc) is 1.57. The topological polar surface area (TPSA) is 435 Å². The number of nitrogens with two attached hydrogens (primary N) is 5. The van der Waals surface area contributed by atoms with Gasteiger partial charge in [-0.05, 0) is 179 Å². The number of rotatable bonds is 20. The van der Waals surface area contributed by atoms with Gasteiger partial charge in [-0.25, -0.2) is 25.0 Å². The van der Waals surface area contributed by atoms with Gasteiger partial charge in [-0.15, -0.1) is 65.9 Å². The first kappa shape index (κ1) is 96.1. The fourth-order valence-corrected chi connectivity index (χ4v) is 26.1. The van der Waals surface area contributed by atoms with Crippen LogP contribution in [0.3, 0.4) is 0 Å². The second-order valence-electron chi connectivity index (χ2n) is 37.3. The SMILES string of the molecule is C=C1N=C(N)C(C)=CN1[C@@H]1O[C@@]2(C(C)CP(=C)(C)C)CO[C@@H]1[C@@H]2O.C=C1N=C(N)C=CN1[C@@H]1O[C@@]2(C(C)CP(=C)(C)C)CO[C@@H]1[C@@H]2O.C=C1N=C(N)C=CN1[C@@H]1O[C@H](C(C)CP(=C)(C)C)[C@@H](O)[C@@]1(C)O.C=C1N=C(N)C=CN1[C@@H]1O[C@H](C(C)CP(=C)(C)C)[C@@H](O)[C@]1(C)O.C=C1N=C(N)C=CN1[C@@H]1O[C@](C)(C(C)CP(=C)(C)C)[C@@H](O)[C@H]1O. The van der Waals surface area contributed by atoms with Gasteiger partial charge in [0, 0.05) is 36.6 Å². The molecule has 12 aliphatic heterocycles. The van der Waals surface area contributed by atoms with Crippen molar-refractivity contribution in [1.82, 2.24) is 24.5 Å². The maximum Gasteiger partial charge on any atom is 0.166 e. The number of aliphatic hydroxyl groups is 8. The molecule has 35 heteroatoms. The normalized spacial score (nSPS) is 36.9. The van der Waals surface area contributed by atoms with Crippen molar-refractivity contribution in [2.24, 2.45) is 83.2 Å². The fraction of sp³-hybridized carbons (Fsp3) is 0.630. The molecule has 116 heavy (non-hydrogen) atoms. The van der Waals surface area contributed by atoms with Crippen molar-refractivity contribution in [3.63, 3.8) is 0 Å². The first-order chi connectivity index (χ1) is 53.0. The summed E-state index contributed by atoms with van der Waals surface area (Å²) in [5.41, 5.74) is 24.2. The third-order valence-electron chi connectivity index (χ3n) is 22.9. The second kappa shape index (κ2) is 35.6. The van der Waals surface area contributed by atoms with Crippen molar-refractivity contribution in [3.8, 4) is 0 Å². The quantitative estimate of drug-likeness (QED) is 0.0743. The summed E-state index contributed by atoms with van der Waals surface area (Å²) >= 11 is 0. The molecule has 5 unspecified atom stereocenters. The van der Waals surface area contributed by atoms with Gasteiger partial charge in [0.1, 0.15) is 130 Å². The maximum absolute atomic E-state index is 10.9. The van der Waals surface area contributed by atoms with Gasteiger partial charge in [-0.1, -0.05) is 67.5 Å². The Morgan fingerprint density at radius 1 is 0.431 bits per heavy atom. The van der Waals surface area contributed by atoms with E-state index >= 15 is 0 Å². The highest BCUT2D eigenvalue weighted by molar-refractivity contribution is 7.73. The van der Waals surface area contributed by atoms with Gasteiger partial charge in [-0.2, -0.15) is 0 Å². The number of aliphatic hydroxyl groups excluding tert-OH is 6. The Bertz CT molecular complexity index is 4170. The van der Waals surface area contributed by atoms with E-state index in [9.17, 15) is 40.9 Å². The number of hydrogen-bond acceptors (Lipinski definition) is 30. The van der Waals surface area contributed by atoms with E-state index in [2.05, 4.69) is 170 Å². The van der Waals surface area contributed by atoms with Crippen LogP contribution in [-0.4, -0.2) is 357 Å². The fourth-order valence-electron chi connectivity index (χ4n) is 17.1. The highest BCUT2D eigenvalue weighted by Gasteiger charge is 2.67. The first-order valence-corrected chi connectivity index (χ1v) is 54.2. The van der Waals surface area contributed by atoms with Crippen LogP contribution in [0.4, 0.5) is 0 Å². The number of hydrogen-bond donors (Lipinski definition) is 13. The lowest BCUT2D eigenvalue weighted by atomic mass is 9.86. The van der Waals surface area contributed by atoms with E-state index in [0.29, 0.717) is 71.5 Å². The summed E-state index contributed by atoms with van der Waals surface area (Å²) in [6, 6.07) is 0. The Balaban J connectivity index is 0.000000181. The lowest BCUT2D eigenvalue weighted by molar-refractivity contribution is -0.195. The van der Waals surface area contributed by atoms with Crippen LogP contribution in [0.2, 0.25) is 0 Å². The number of ether oxygens (including phenoxy) is 7. The summed E-state index contributed by atoms with van der Waals surface area (Å²) in [5, 5.41) is 85.5. The summed E-state index contributed by atoms with van der Waals surface area (Å²) in [6.45, 7) is 52.7. The Morgan fingerprint density at radius 2 is 0.733 bits per heavy atom. The van der Waals surface area contributed by atoms with Gasteiger partial charge in [0.15, 0.2) is 31.1 Å². The van der Waals surface area contributed by atoms with E-state index in [-0.39, 0.29) is 29.6 Å². The van der Waals surface area contributed by atoms with Gasteiger partial charge in [-0.3, -0.25) is 0 Å². The molecule has 30 nitrogen and oxygen atoms in total. The largest absolute Gasteiger partial charge is 0.387 e. The maximum atomic E-state index is 10.9. The van der Waals surface area contributed by atoms with Gasteiger partial charge in [0.2, 0.25) is 0 Å². The molecule has 0 spiro atoms. The molecule has 7 saturated heterocycles. The molecule has 12 heterocycles. The highest BCUT2D eigenvalue weighted by Crippen LogP contribution is 2.54. The summed E-state index contributed by atoms with van der Waals surface area (Å²) < 4.78 is 42.7. The minimum absolute atomic E-state index is 0.0496. The van der Waals surface area contributed by atoms with Crippen LogP contribution in [0, 0.1) is 29.6 Å². The van der Waals surface area contributed by atoms with Crippen LogP contribution in [0.25, 0.3) is 0 Å². The van der Waals surface area contributed by atoms with Crippen molar-refractivity contribution in [2.75, 3.05) is 111 Å². The van der Waals surface area contributed by atoms with E-state index in [0.717, 1.165) is 36.4 Å². The zero-order valence-electron chi connectivity index (χ0n) is 71.8. The number of fused-ring (bicyclic) bond motifs is 4. The van der Waals surface area contributed by atoms with Crippen LogP contribution < -0.4 is 28.7 Å². The Morgan fingerprint density at radius 3 is 1.06 bits per heavy atom. The monoisotopic (exact) mass is 1720 g/mol. The van der Waals surface area contributed by atoms with Gasteiger partial charge in [0.25, 0.3) is 0 Å². The number of aliphatic imine (C=N–C) groups is 5. The van der Waals surface area contributed by atoms with Gasteiger partial charge in [0.05, 0.1) is 31.0 Å². The van der Waals surface area contributed by atoms with E-state index in [1.807, 2.05) is 45.7 Å². The third-order valence-corrected chi connectivity index (χ3v) is 30.7. The first-order valence-electron chi connectivity index (χ1n) is 39.0. The second-order valence-corrected chi connectivity index (χ2v) is 58.5. The smallest absolute Gasteiger partial charge is 0.166 e. The Hall–Kier alpha value is -5.35. The van der Waals surface area contributed by atoms with Crippen LogP contribution in [0.5, 0.6) is 0 Å². The standard InChI is InChI=1S/C17H28N3O3P.C16H26N3O3P.3C16H28N3O3P/c1-10-7-20(12(3)19-15(10)18)16-13-14(21)17(23-16,9-22-13)11(2)8-24(4,5)6;1-10(8-23(3,4)5)16-9-21-13(14(16)20)15(22-16)19-7-6-12(17)18-11(19)2;1-10(9-23(4,5)6)16(3)14(21)13(20)15(22-16)19-8-7-12(17)18-11(19)2;2*1-10(9-23(4,5)6)13-14(20)16(3,21)15(22-13)19-8-7-12(17)18-11(19)2/h7,11,13-14,16,21H,3-4,8-9H2,1-2,5-6H3,(H2,18,19);6-7,10,13-15,20H,2-3,8-9H2,1,4-5H3,(H2,17,18);3*7-8,10,13-15,20-21H,2,4,9H2,1,3,5-6H3,(H2,17,18)/t11?,13-,14+,16-,17-;2*10?,13-,14+,15-,16-;10?,13-,14-,15-,16+;10?,13-,14-,15-,16-/m11111/s1. The molecule has 0 aromatic heterocycles. The minimum Gasteiger partial charge on any atom is -0.387 e. The molecule has 12 rings (SSSR count). The van der Waals surface area contributed by atoms with E-state index in [1.54, 1.807) is 82.6 Å². The van der Waals surface area contributed by atoms with Crippen LogP contribution in [-0.2, 0) is 33.2 Å². The Labute approximate surface area is 689 Å². The predicted octanol–water partition coefficient (Wildman–Crippen LogP) is 4.56. The van der Waals surface area contributed by atoms with Crippen LogP contribution >= 0.6 is 34.4 Å². The lowest BCUT2D eigenvalue weighted by Gasteiger charge is -2.40. The van der Waals surface area contributed by atoms with E-state index in [1.165, 1.54) is 0 Å². The van der Waals surface area contributed by atoms with E-state index in [4.69, 9.17) is 61.8 Å². The van der Waals surface area contributed by atoms with Gasteiger partial charge < -0.3 is 127 Å². The molecule has 18 N–H and O–H groups in total. The Kier molecular flexibility index (Phi) is 29.5. The summed E-state index contributed by atoms with van der Waals surface area (Å²) in [6.07, 6.45) is 30.6. The summed E-state index contributed by atoms with van der Waals surface area (Å²) in [4.78, 5) is 29.1.